The van der Waals surface area contributed by atoms with Gasteiger partial charge in [-0.15, -0.1) is 11.8 Å². The van der Waals surface area contributed by atoms with E-state index in [0.29, 0.717) is 12.4 Å². The molecule has 1 aliphatic heterocycles. The van der Waals surface area contributed by atoms with Crippen molar-refractivity contribution in [2.24, 2.45) is 0 Å². The monoisotopic (exact) mass is 386 g/mol. The number of hydrogen-bond donors (Lipinski definition) is 0. The molecule has 144 valence electrons. The van der Waals surface area contributed by atoms with Gasteiger partial charge in [0.05, 0.1) is 12.9 Å². The highest BCUT2D eigenvalue weighted by atomic mass is 32.2. The highest BCUT2D eigenvalue weighted by molar-refractivity contribution is 8.00. The molecular formula is C21H26N2O3S. The number of nitrogens with zero attached hydrogens (tertiary/aromatic N) is 2. The average molecular weight is 387 g/mol. The number of piperazine rings is 1. The molecule has 5 nitrogen and oxygen atoms in total. The first kappa shape index (κ1) is 19.6. The normalized spacial score (nSPS) is 14.8. The number of rotatable bonds is 8. The fourth-order valence-corrected chi connectivity index (χ4v) is 3.93. The van der Waals surface area contributed by atoms with Gasteiger partial charge in [-0.05, 0) is 24.3 Å². The summed E-state index contributed by atoms with van der Waals surface area (Å²) >= 11 is 1.54. The van der Waals surface area contributed by atoms with Gasteiger partial charge in [0.25, 0.3) is 0 Å². The lowest BCUT2D eigenvalue weighted by atomic mass is 10.3. The predicted octanol–water partition coefficient (Wildman–Crippen LogP) is 3.01. The van der Waals surface area contributed by atoms with Crippen molar-refractivity contribution in [1.82, 2.24) is 9.80 Å². The maximum Gasteiger partial charge on any atom is 0.233 e. The molecule has 27 heavy (non-hydrogen) atoms. The Morgan fingerprint density at radius 3 is 2.44 bits per heavy atom. The Balaban J connectivity index is 1.36. The van der Waals surface area contributed by atoms with Gasteiger partial charge < -0.3 is 14.4 Å². The summed E-state index contributed by atoms with van der Waals surface area (Å²) < 4.78 is 11.1. The molecule has 0 saturated carbocycles. The van der Waals surface area contributed by atoms with Crippen molar-refractivity contribution >= 4 is 17.7 Å². The average Bonchev–Trinajstić information content (AvgIpc) is 2.73. The Hall–Kier alpha value is -2.18. The van der Waals surface area contributed by atoms with Gasteiger partial charge >= 0.3 is 0 Å². The fourth-order valence-electron chi connectivity index (χ4n) is 3.00. The van der Waals surface area contributed by atoms with Crippen LogP contribution in [0.1, 0.15) is 0 Å². The molecule has 1 heterocycles. The van der Waals surface area contributed by atoms with E-state index in [4.69, 9.17) is 9.47 Å². The number of thioether (sulfide) groups is 1. The summed E-state index contributed by atoms with van der Waals surface area (Å²) in [5.74, 6) is 2.35. The largest absolute Gasteiger partial charge is 0.496 e. The maximum atomic E-state index is 12.5. The third-order valence-electron chi connectivity index (χ3n) is 4.56. The minimum absolute atomic E-state index is 0.186. The second-order valence-electron chi connectivity index (χ2n) is 6.32. The van der Waals surface area contributed by atoms with Crippen LogP contribution in [0, 0.1) is 0 Å². The molecule has 0 spiro atoms. The van der Waals surface area contributed by atoms with Crippen LogP contribution >= 0.6 is 11.8 Å². The highest BCUT2D eigenvalue weighted by Crippen LogP contribution is 2.28. The summed E-state index contributed by atoms with van der Waals surface area (Å²) in [6, 6.07) is 17.7. The maximum absolute atomic E-state index is 12.5. The number of methoxy groups -OCH3 is 1. The van der Waals surface area contributed by atoms with Gasteiger partial charge in [-0.25, -0.2) is 0 Å². The van der Waals surface area contributed by atoms with Crippen LogP contribution in [0.25, 0.3) is 0 Å². The van der Waals surface area contributed by atoms with Crippen molar-refractivity contribution in [1.29, 1.82) is 0 Å². The fraction of sp³-hybridized carbons (Fsp3) is 0.381. The van der Waals surface area contributed by atoms with Crippen molar-refractivity contribution in [2.75, 3.05) is 52.2 Å². The van der Waals surface area contributed by atoms with Crippen molar-refractivity contribution in [3.05, 3.63) is 54.6 Å². The first-order valence-electron chi connectivity index (χ1n) is 9.20. The van der Waals surface area contributed by atoms with Gasteiger partial charge in [-0.2, -0.15) is 0 Å². The number of benzene rings is 2. The molecular weight excluding hydrogens is 360 g/mol. The zero-order valence-corrected chi connectivity index (χ0v) is 16.5. The molecule has 2 aromatic carbocycles. The topological polar surface area (TPSA) is 42.0 Å². The van der Waals surface area contributed by atoms with Gasteiger partial charge in [0.1, 0.15) is 18.1 Å². The quantitative estimate of drug-likeness (QED) is 0.653. The number of hydrogen-bond acceptors (Lipinski definition) is 5. The van der Waals surface area contributed by atoms with Crippen LogP contribution in [-0.4, -0.2) is 67.9 Å². The number of ether oxygens (including phenoxy) is 2. The lowest BCUT2D eigenvalue weighted by Crippen LogP contribution is -2.50. The van der Waals surface area contributed by atoms with Crippen LogP contribution in [0.3, 0.4) is 0 Å². The van der Waals surface area contributed by atoms with Gasteiger partial charge in [0.15, 0.2) is 0 Å². The van der Waals surface area contributed by atoms with Crippen LogP contribution in [-0.2, 0) is 4.79 Å². The molecule has 0 bridgehead atoms. The van der Waals surface area contributed by atoms with Gasteiger partial charge in [0.2, 0.25) is 5.91 Å². The van der Waals surface area contributed by atoms with Crippen molar-refractivity contribution in [3.8, 4) is 11.5 Å². The lowest BCUT2D eigenvalue weighted by Gasteiger charge is -2.34. The van der Waals surface area contributed by atoms with Gasteiger partial charge in [0, 0.05) is 37.6 Å². The Bertz CT molecular complexity index is 718. The molecule has 6 heteroatoms. The van der Waals surface area contributed by atoms with Crippen molar-refractivity contribution < 1.29 is 14.3 Å². The Kier molecular flexibility index (Phi) is 7.42. The molecule has 0 atom stereocenters. The molecule has 0 aromatic heterocycles. The first-order chi connectivity index (χ1) is 13.3. The molecule has 1 amide bonds. The molecule has 1 fully saturated rings. The van der Waals surface area contributed by atoms with E-state index in [1.54, 1.807) is 7.11 Å². The zero-order chi connectivity index (χ0) is 18.9. The minimum Gasteiger partial charge on any atom is -0.496 e. The Morgan fingerprint density at radius 1 is 1.00 bits per heavy atom. The van der Waals surface area contributed by atoms with E-state index >= 15 is 0 Å². The molecule has 1 aliphatic rings. The molecule has 0 radical (unpaired) electrons. The number of amides is 1. The summed E-state index contributed by atoms with van der Waals surface area (Å²) in [7, 11) is 1.65. The van der Waals surface area contributed by atoms with Crippen molar-refractivity contribution in [3.63, 3.8) is 0 Å². The summed E-state index contributed by atoms with van der Waals surface area (Å²) in [6.07, 6.45) is 0. The van der Waals surface area contributed by atoms with E-state index in [1.807, 2.05) is 59.5 Å². The van der Waals surface area contributed by atoms with E-state index in [2.05, 4.69) is 4.90 Å². The highest BCUT2D eigenvalue weighted by Gasteiger charge is 2.21. The molecule has 2 aromatic rings. The van der Waals surface area contributed by atoms with E-state index < -0.39 is 0 Å². The summed E-state index contributed by atoms with van der Waals surface area (Å²) in [5, 5.41) is 0. The van der Waals surface area contributed by atoms with E-state index in [9.17, 15) is 4.79 Å². The summed E-state index contributed by atoms with van der Waals surface area (Å²) in [4.78, 5) is 17.8. The van der Waals surface area contributed by atoms with Gasteiger partial charge in [-0.1, -0.05) is 30.3 Å². The van der Waals surface area contributed by atoms with E-state index in [0.717, 1.165) is 49.1 Å². The number of carbonyl (C=O) groups is 1. The third-order valence-corrected chi connectivity index (χ3v) is 5.60. The summed E-state index contributed by atoms with van der Waals surface area (Å²) in [6.45, 7) is 4.88. The van der Waals surface area contributed by atoms with Crippen LogP contribution < -0.4 is 9.47 Å². The number of para-hydroxylation sites is 2. The summed E-state index contributed by atoms with van der Waals surface area (Å²) in [5.41, 5.74) is 0. The predicted molar refractivity (Wildman–Crippen MR) is 109 cm³/mol. The Morgan fingerprint density at radius 2 is 1.70 bits per heavy atom. The van der Waals surface area contributed by atoms with Crippen molar-refractivity contribution in [2.45, 2.75) is 4.90 Å². The third kappa shape index (κ3) is 5.91. The minimum atomic E-state index is 0.186. The molecule has 1 saturated heterocycles. The standard InChI is InChI=1S/C21H26N2O3S/c1-25-19-9-5-6-10-20(19)27-17-21(24)23-13-11-22(12-14-23)15-16-26-18-7-3-2-4-8-18/h2-10H,11-17H2,1H3. The van der Waals surface area contributed by atoms with Crippen LogP contribution in [0.4, 0.5) is 0 Å². The van der Waals surface area contributed by atoms with Crippen LogP contribution in [0.2, 0.25) is 0 Å². The van der Waals surface area contributed by atoms with Gasteiger partial charge in [-0.3, -0.25) is 9.69 Å². The van der Waals surface area contributed by atoms with Crippen LogP contribution in [0.15, 0.2) is 59.5 Å². The zero-order valence-electron chi connectivity index (χ0n) is 15.7. The first-order valence-corrected chi connectivity index (χ1v) is 10.2. The molecule has 0 aliphatic carbocycles. The van der Waals surface area contributed by atoms with Crippen LogP contribution in [0.5, 0.6) is 11.5 Å². The second-order valence-corrected chi connectivity index (χ2v) is 7.34. The van der Waals surface area contributed by atoms with E-state index in [1.165, 1.54) is 11.8 Å². The smallest absolute Gasteiger partial charge is 0.233 e. The lowest BCUT2D eigenvalue weighted by molar-refractivity contribution is -0.130. The SMILES string of the molecule is COc1ccccc1SCC(=O)N1CCN(CCOc2ccccc2)CC1. The molecule has 3 rings (SSSR count). The van der Waals surface area contributed by atoms with E-state index in [-0.39, 0.29) is 5.91 Å². The Labute approximate surface area is 165 Å². The molecule has 0 N–H and O–H groups in total. The molecule has 0 unspecified atom stereocenters. The number of carbonyl (C=O) groups excluding carboxylic acids is 1. The second kappa shape index (κ2) is 10.2.